The molecule has 17 heavy (non-hydrogen) atoms. The minimum absolute atomic E-state index is 0.356. The van der Waals surface area contributed by atoms with E-state index in [4.69, 9.17) is 15.2 Å². The van der Waals surface area contributed by atoms with Gasteiger partial charge in [-0.15, -0.1) is 0 Å². The smallest absolute Gasteiger partial charge is 0.323 e. The fraction of sp³-hybridized carbons (Fsp3) is 0.462. The van der Waals surface area contributed by atoms with Crippen molar-refractivity contribution in [2.45, 2.75) is 18.9 Å². The standard InChI is InChI=1S/C13H19NO3/c1-16-8-5-9-17-13(15)12(14)10-11-6-3-2-4-7-11/h2-4,6-7,12H,5,8-10,14H2,1H3. The molecular weight excluding hydrogens is 218 g/mol. The van der Waals surface area contributed by atoms with Crippen LogP contribution in [0.25, 0.3) is 0 Å². The third-order valence-corrected chi connectivity index (χ3v) is 2.34. The molecule has 2 N–H and O–H groups in total. The molecule has 0 radical (unpaired) electrons. The van der Waals surface area contributed by atoms with Crippen molar-refractivity contribution >= 4 is 5.97 Å². The van der Waals surface area contributed by atoms with Crippen LogP contribution in [0.1, 0.15) is 12.0 Å². The third kappa shape index (κ3) is 5.47. The summed E-state index contributed by atoms with van der Waals surface area (Å²) in [6.45, 7) is 0.941. The van der Waals surface area contributed by atoms with Crippen LogP contribution in [-0.2, 0) is 20.7 Å². The van der Waals surface area contributed by atoms with Crippen molar-refractivity contribution in [3.8, 4) is 0 Å². The van der Waals surface area contributed by atoms with Crippen molar-refractivity contribution < 1.29 is 14.3 Å². The summed E-state index contributed by atoms with van der Waals surface area (Å²) in [7, 11) is 1.61. The lowest BCUT2D eigenvalue weighted by Gasteiger charge is -2.11. The van der Waals surface area contributed by atoms with Crippen LogP contribution in [0.2, 0.25) is 0 Å². The summed E-state index contributed by atoms with van der Waals surface area (Å²) in [6.07, 6.45) is 1.20. The number of ether oxygens (including phenoxy) is 2. The van der Waals surface area contributed by atoms with Crippen LogP contribution >= 0.6 is 0 Å². The normalized spacial score (nSPS) is 12.1. The topological polar surface area (TPSA) is 61.5 Å². The second-order valence-corrected chi connectivity index (χ2v) is 3.81. The number of hydrogen-bond donors (Lipinski definition) is 1. The van der Waals surface area contributed by atoms with E-state index in [-0.39, 0.29) is 5.97 Å². The van der Waals surface area contributed by atoms with Crippen molar-refractivity contribution in [1.29, 1.82) is 0 Å². The van der Waals surface area contributed by atoms with E-state index in [1.807, 2.05) is 30.3 Å². The van der Waals surface area contributed by atoms with E-state index in [2.05, 4.69) is 0 Å². The SMILES string of the molecule is COCCCOC(=O)C(N)Cc1ccccc1. The van der Waals surface area contributed by atoms with Gasteiger partial charge in [0.15, 0.2) is 0 Å². The number of hydrogen-bond acceptors (Lipinski definition) is 4. The Kier molecular flexibility index (Phi) is 6.29. The highest BCUT2D eigenvalue weighted by Gasteiger charge is 2.15. The van der Waals surface area contributed by atoms with Crippen molar-refractivity contribution in [3.05, 3.63) is 35.9 Å². The summed E-state index contributed by atoms with van der Waals surface area (Å²) in [5.74, 6) is -0.357. The molecular formula is C13H19NO3. The summed E-state index contributed by atoms with van der Waals surface area (Å²) >= 11 is 0. The molecule has 0 bridgehead atoms. The highest BCUT2D eigenvalue weighted by Crippen LogP contribution is 2.03. The first-order valence-corrected chi connectivity index (χ1v) is 5.69. The molecule has 0 amide bonds. The number of esters is 1. The van der Waals surface area contributed by atoms with Gasteiger partial charge in [-0.05, 0) is 12.0 Å². The first kappa shape index (κ1) is 13.7. The van der Waals surface area contributed by atoms with Gasteiger partial charge in [0.05, 0.1) is 6.61 Å². The molecule has 1 rings (SSSR count). The number of nitrogens with two attached hydrogens (primary N) is 1. The average molecular weight is 237 g/mol. The Bertz CT molecular complexity index is 327. The lowest BCUT2D eigenvalue weighted by molar-refractivity contribution is -0.145. The van der Waals surface area contributed by atoms with Crippen LogP contribution in [0.15, 0.2) is 30.3 Å². The predicted octanol–water partition coefficient (Wildman–Crippen LogP) is 1.14. The lowest BCUT2D eigenvalue weighted by Crippen LogP contribution is -2.34. The fourth-order valence-corrected chi connectivity index (χ4v) is 1.43. The molecule has 0 fully saturated rings. The number of methoxy groups -OCH3 is 1. The van der Waals surface area contributed by atoms with Gasteiger partial charge in [-0.2, -0.15) is 0 Å². The maximum absolute atomic E-state index is 11.5. The van der Waals surface area contributed by atoms with Gasteiger partial charge < -0.3 is 15.2 Å². The number of rotatable bonds is 7. The average Bonchev–Trinajstić information content (AvgIpc) is 2.35. The van der Waals surface area contributed by atoms with E-state index in [1.54, 1.807) is 7.11 Å². The second-order valence-electron chi connectivity index (χ2n) is 3.81. The molecule has 1 aromatic rings. The molecule has 4 heteroatoms. The molecule has 0 spiro atoms. The Labute approximate surface area is 102 Å². The molecule has 1 atom stereocenters. The van der Waals surface area contributed by atoms with Crippen LogP contribution < -0.4 is 5.73 Å². The predicted molar refractivity (Wildman–Crippen MR) is 65.6 cm³/mol. The van der Waals surface area contributed by atoms with Crippen LogP contribution in [0.3, 0.4) is 0 Å². The summed E-state index contributed by atoms with van der Waals surface area (Å²) in [5, 5.41) is 0. The van der Waals surface area contributed by atoms with Crippen molar-refractivity contribution in [3.63, 3.8) is 0 Å². The van der Waals surface area contributed by atoms with Gasteiger partial charge in [0.2, 0.25) is 0 Å². The zero-order valence-electron chi connectivity index (χ0n) is 10.1. The zero-order chi connectivity index (χ0) is 12.5. The Hall–Kier alpha value is -1.39. The number of carbonyl (C=O) groups excluding carboxylic acids is 1. The molecule has 0 aromatic heterocycles. The maximum atomic E-state index is 11.5. The van der Waals surface area contributed by atoms with Crippen LogP contribution in [0.5, 0.6) is 0 Å². The second kappa shape index (κ2) is 7.81. The summed E-state index contributed by atoms with van der Waals surface area (Å²) in [6, 6.07) is 9.06. The van der Waals surface area contributed by atoms with Crippen LogP contribution in [0, 0.1) is 0 Å². The van der Waals surface area contributed by atoms with E-state index in [1.165, 1.54) is 0 Å². The van der Waals surface area contributed by atoms with Gasteiger partial charge in [0.25, 0.3) is 0 Å². The van der Waals surface area contributed by atoms with Crippen molar-refractivity contribution in [2.24, 2.45) is 5.73 Å². The van der Waals surface area contributed by atoms with Gasteiger partial charge >= 0.3 is 5.97 Å². The largest absolute Gasteiger partial charge is 0.464 e. The Morgan fingerprint density at radius 3 is 2.65 bits per heavy atom. The molecule has 0 saturated heterocycles. The first-order valence-electron chi connectivity index (χ1n) is 5.69. The van der Waals surface area contributed by atoms with E-state index >= 15 is 0 Å². The summed E-state index contributed by atoms with van der Waals surface area (Å²) in [4.78, 5) is 11.5. The molecule has 0 aliphatic heterocycles. The van der Waals surface area contributed by atoms with Gasteiger partial charge in [0, 0.05) is 20.1 Å². The van der Waals surface area contributed by atoms with Gasteiger partial charge in [-0.1, -0.05) is 30.3 Å². The van der Waals surface area contributed by atoms with E-state index in [9.17, 15) is 4.79 Å². The first-order chi connectivity index (χ1) is 8.24. The molecule has 0 saturated carbocycles. The van der Waals surface area contributed by atoms with Crippen molar-refractivity contribution in [2.75, 3.05) is 20.3 Å². The van der Waals surface area contributed by atoms with E-state index in [0.717, 1.165) is 5.56 Å². The summed E-state index contributed by atoms with van der Waals surface area (Å²) < 4.78 is 9.89. The molecule has 1 aromatic carbocycles. The highest BCUT2D eigenvalue weighted by molar-refractivity contribution is 5.75. The van der Waals surface area contributed by atoms with E-state index in [0.29, 0.717) is 26.1 Å². The monoisotopic (exact) mass is 237 g/mol. The highest BCUT2D eigenvalue weighted by atomic mass is 16.5. The van der Waals surface area contributed by atoms with Crippen LogP contribution in [-0.4, -0.2) is 32.3 Å². The Morgan fingerprint density at radius 2 is 2.00 bits per heavy atom. The number of carbonyl (C=O) groups is 1. The van der Waals surface area contributed by atoms with Gasteiger partial charge in [0.1, 0.15) is 6.04 Å². The van der Waals surface area contributed by atoms with E-state index < -0.39 is 6.04 Å². The van der Waals surface area contributed by atoms with Gasteiger partial charge in [-0.25, -0.2) is 0 Å². The summed E-state index contributed by atoms with van der Waals surface area (Å²) in [5.41, 5.74) is 6.79. The third-order valence-electron chi connectivity index (χ3n) is 2.34. The Balaban J connectivity index is 2.27. The quantitative estimate of drug-likeness (QED) is 0.570. The minimum Gasteiger partial charge on any atom is -0.464 e. The molecule has 0 aliphatic carbocycles. The van der Waals surface area contributed by atoms with Crippen LogP contribution in [0.4, 0.5) is 0 Å². The molecule has 0 heterocycles. The molecule has 94 valence electrons. The Morgan fingerprint density at radius 1 is 1.29 bits per heavy atom. The molecule has 4 nitrogen and oxygen atoms in total. The van der Waals surface area contributed by atoms with Gasteiger partial charge in [-0.3, -0.25) is 4.79 Å². The molecule has 1 unspecified atom stereocenters. The maximum Gasteiger partial charge on any atom is 0.323 e. The molecule has 0 aliphatic rings. The minimum atomic E-state index is -0.597. The fourth-order valence-electron chi connectivity index (χ4n) is 1.43. The lowest BCUT2D eigenvalue weighted by atomic mass is 10.1. The number of benzene rings is 1. The van der Waals surface area contributed by atoms with Crippen molar-refractivity contribution in [1.82, 2.24) is 0 Å². The zero-order valence-corrected chi connectivity index (χ0v) is 10.1.